The van der Waals surface area contributed by atoms with Crippen molar-refractivity contribution in [2.24, 2.45) is 0 Å². The van der Waals surface area contributed by atoms with E-state index in [1.54, 1.807) is 0 Å². The van der Waals surface area contributed by atoms with Crippen molar-refractivity contribution in [1.29, 1.82) is 0 Å². The maximum atomic E-state index is 12.3. The van der Waals surface area contributed by atoms with Gasteiger partial charge in [-0.05, 0) is 54.3 Å². The summed E-state index contributed by atoms with van der Waals surface area (Å²) < 4.78 is 1.87. The van der Waals surface area contributed by atoms with Crippen LogP contribution in [0.5, 0.6) is 0 Å². The molecule has 0 radical (unpaired) electrons. The molecule has 0 aliphatic heterocycles. The molecule has 1 aliphatic rings. The number of anilines is 1. The maximum Gasteiger partial charge on any atom is 0.224 e. The van der Waals surface area contributed by atoms with Gasteiger partial charge >= 0.3 is 0 Å². The third-order valence-electron chi connectivity index (χ3n) is 4.51. The molecule has 1 aliphatic carbocycles. The number of nitrogens with one attached hydrogen (secondary N) is 1. The third kappa shape index (κ3) is 3.79. The first-order chi connectivity index (χ1) is 12.7. The minimum atomic E-state index is 0.00504. The fourth-order valence-electron chi connectivity index (χ4n) is 3.03. The average molecular weight is 347 g/mol. The predicted molar refractivity (Wildman–Crippen MR) is 99.7 cm³/mol. The first-order valence-corrected chi connectivity index (χ1v) is 8.93. The average Bonchev–Trinajstić information content (AvgIpc) is 3.37. The summed E-state index contributed by atoms with van der Waals surface area (Å²) >= 11 is 0. The van der Waals surface area contributed by atoms with E-state index in [-0.39, 0.29) is 5.91 Å². The van der Waals surface area contributed by atoms with Gasteiger partial charge in [-0.3, -0.25) is 4.79 Å². The molecule has 1 N–H and O–H groups in total. The lowest BCUT2D eigenvalue weighted by molar-refractivity contribution is -0.116. The quantitative estimate of drug-likeness (QED) is 0.740. The van der Waals surface area contributed by atoms with Gasteiger partial charge in [0.25, 0.3) is 0 Å². The molecule has 3 aromatic rings. The van der Waals surface area contributed by atoms with Crippen molar-refractivity contribution in [2.75, 3.05) is 5.32 Å². The van der Waals surface area contributed by atoms with Crippen LogP contribution in [-0.4, -0.2) is 26.1 Å². The number of amides is 1. The van der Waals surface area contributed by atoms with Crippen molar-refractivity contribution in [3.8, 4) is 11.4 Å². The van der Waals surface area contributed by atoms with Crippen LogP contribution in [0, 0.1) is 6.92 Å². The third-order valence-corrected chi connectivity index (χ3v) is 4.51. The minimum absolute atomic E-state index is 0.00504. The van der Waals surface area contributed by atoms with Crippen molar-refractivity contribution < 1.29 is 4.79 Å². The minimum Gasteiger partial charge on any atom is -0.326 e. The summed E-state index contributed by atoms with van der Waals surface area (Å²) in [7, 11) is 0. The number of hydrogen-bond donors (Lipinski definition) is 1. The van der Waals surface area contributed by atoms with Gasteiger partial charge in [0.1, 0.15) is 0 Å². The van der Waals surface area contributed by atoms with Crippen molar-refractivity contribution in [1.82, 2.24) is 20.2 Å². The van der Waals surface area contributed by atoms with E-state index in [1.165, 1.54) is 11.1 Å². The Morgan fingerprint density at radius 1 is 1.19 bits per heavy atom. The summed E-state index contributed by atoms with van der Waals surface area (Å²) in [5, 5.41) is 15.0. The van der Waals surface area contributed by atoms with E-state index in [4.69, 9.17) is 0 Å². The van der Waals surface area contributed by atoms with Crippen LogP contribution < -0.4 is 5.32 Å². The molecule has 0 saturated heterocycles. The molecule has 0 atom stereocenters. The van der Waals surface area contributed by atoms with Crippen LogP contribution >= 0.6 is 0 Å². The normalized spacial score (nSPS) is 13.6. The smallest absolute Gasteiger partial charge is 0.224 e. The molecule has 6 heteroatoms. The summed E-state index contributed by atoms with van der Waals surface area (Å²) in [6, 6.07) is 16.4. The fraction of sp³-hybridized carbons (Fsp3) is 0.300. The summed E-state index contributed by atoms with van der Waals surface area (Å²) in [4.78, 5) is 12.3. The van der Waals surface area contributed by atoms with E-state index in [9.17, 15) is 4.79 Å². The van der Waals surface area contributed by atoms with Gasteiger partial charge in [0.2, 0.25) is 5.91 Å². The highest BCUT2D eigenvalue weighted by Gasteiger charge is 2.28. The van der Waals surface area contributed by atoms with E-state index in [0.29, 0.717) is 12.5 Å². The van der Waals surface area contributed by atoms with Crippen LogP contribution in [0.4, 0.5) is 5.69 Å². The van der Waals surface area contributed by atoms with Crippen LogP contribution in [0.2, 0.25) is 0 Å². The topological polar surface area (TPSA) is 72.7 Å². The molecular formula is C20H21N5O. The van der Waals surface area contributed by atoms with Gasteiger partial charge in [-0.1, -0.05) is 42.0 Å². The number of benzene rings is 2. The zero-order valence-corrected chi connectivity index (χ0v) is 14.7. The molecule has 1 heterocycles. The number of hydrogen-bond acceptors (Lipinski definition) is 4. The number of aryl methyl sites for hydroxylation is 2. The van der Waals surface area contributed by atoms with Gasteiger partial charge in [-0.25, -0.2) is 4.68 Å². The Bertz CT molecular complexity index is 929. The van der Waals surface area contributed by atoms with Gasteiger partial charge in [0.05, 0.1) is 6.04 Å². The highest BCUT2D eigenvalue weighted by Crippen LogP contribution is 2.36. The van der Waals surface area contributed by atoms with Gasteiger partial charge in [-0.2, -0.15) is 0 Å². The highest BCUT2D eigenvalue weighted by atomic mass is 16.1. The second-order valence-corrected chi connectivity index (χ2v) is 6.80. The van der Waals surface area contributed by atoms with Gasteiger partial charge in [0, 0.05) is 17.7 Å². The standard InChI is InChI=1S/C20H21N5O/c1-14-4-2-5-15(12-14)8-11-19(26)21-17-7-3-6-16(13-17)20-22-23-24-25(20)18-9-10-18/h2-7,12-13,18H,8-11H2,1H3,(H,21,26). The fourth-order valence-corrected chi connectivity index (χ4v) is 3.03. The highest BCUT2D eigenvalue weighted by molar-refractivity contribution is 5.91. The Labute approximate surface area is 152 Å². The number of carbonyl (C=O) groups excluding carboxylic acids is 1. The molecule has 132 valence electrons. The number of tetrazole rings is 1. The largest absolute Gasteiger partial charge is 0.326 e. The lowest BCUT2D eigenvalue weighted by Gasteiger charge is -2.08. The molecule has 2 aromatic carbocycles. The van der Waals surface area contributed by atoms with Gasteiger partial charge < -0.3 is 5.32 Å². The van der Waals surface area contributed by atoms with Gasteiger partial charge in [0.15, 0.2) is 5.82 Å². The first-order valence-electron chi connectivity index (χ1n) is 8.93. The molecule has 26 heavy (non-hydrogen) atoms. The van der Waals surface area contributed by atoms with E-state index in [0.717, 1.165) is 36.3 Å². The van der Waals surface area contributed by atoms with Crippen molar-refractivity contribution in [3.63, 3.8) is 0 Å². The molecule has 1 aromatic heterocycles. The molecule has 1 fully saturated rings. The Morgan fingerprint density at radius 2 is 2.04 bits per heavy atom. The lowest BCUT2D eigenvalue weighted by atomic mass is 10.1. The molecule has 1 saturated carbocycles. The van der Waals surface area contributed by atoms with E-state index in [2.05, 4.69) is 46.0 Å². The second kappa shape index (κ2) is 7.07. The Morgan fingerprint density at radius 3 is 2.85 bits per heavy atom. The van der Waals surface area contributed by atoms with E-state index < -0.39 is 0 Å². The monoisotopic (exact) mass is 347 g/mol. The van der Waals surface area contributed by atoms with Crippen LogP contribution in [0.15, 0.2) is 48.5 Å². The van der Waals surface area contributed by atoms with Crippen molar-refractivity contribution >= 4 is 11.6 Å². The number of nitrogens with zero attached hydrogens (tertiary/aromatic N) is 4. The van der Waals surface area contributed by atoms with E-state index >= 15 is 0 Å². The van der Waals surface area contributed by atoms with Crippen molar-refractivity contribution in [2.45, 2.75) is 38.6 Å². The first kappa shape index (κ1) is 16.4. The summed E-state index contributed by atoms with van der Waals surface area (Å²) in [5.74, 6) is 0.758. The molecule has 0 bridgehead atoms. The van der Waals surface area contributed by atoms with Crippen LogP contribution in [0.25, 0.3) is 11.4 Å². The molecule has 4 rings (SSSR count). The molecule has 0 unspecified atom stereocenters. The van der Waals surface area contributed by atoms with Crippen LogP contribution in [-0.2, 0) is 11.2 Å². The predicted octanol–water partition coefficient (Wildman–Crippen LogP) is 3.55. The summed E-state index contributed by atoms with van der Waals surface area (Å²) in [6.07, 6.45) is 3.42. The van der Waals surface area contributed by atoms with E-state index in [1.807, 2.05) is 35.0 Å². The maximum absolute atomic E-state index is 12.3. The van der Waals surface area contributed by atoms with Crippen molar-refractivity contribution in [3.05, 3.63) is 59.7 Å². The second-order valence-electron chi connectivity index (χ2n) is 6.80. The zero-order valence-electron chi connectivity index (χ0n) is 14.7. The molecule has 0 spiro atoms. The van der Waals surface area contributed by atoms with Crippen LogP contribution in [0.1, 0.15) is 36.4 Å². The molecule has 1 amide bonds. The Balaban J connectivity index is 1.42. The number of aromatic nitrogens is 4. The van der Waals surface area contributed by atoms with Crippen LogP contribution in [0.3, 0.4) is 0 Å². The Kier molecular flexibility index (Phi) is 4.48. The lowest BCUT2D eigenvalue weighted by Crippen LogP contribution is -2.12. The van der Waals surface area contributed by atoms with Gasteiger partial charge in [-0.15, -0.1) is 5.10 Å². The molecular weight excluding hydrogens is 326 g/mol. The summed E-state index contributed by atoms with van der Waals surface area (Å²) in [6.45, 7) is 2.06. The zero-order chi connectivity index (χ0) is 17.9. The SMILES string of the molecule is Cc1cccc(CCC(=O)Nc2cccc(-c3nnnn3C3CC3)c2)c1. The number of rotatable bonds is 6. The summed E-state index contributed by atoms with van der Waals surface area (Å²) in [5.41, 5.74) is 4.07. The molecule has 6 nitrogen and oxygen atoms in total. The Hall–Kier alpha value is -3.02. The number of carbonyl (C=O) groups is 1.